The van der Waals surface area contributed by atoms with Gasteiger partial charge in [0.2, 0.25) is 5.91 Å². The van der Waals surface area contributed by atoms with Gasteiger partial charge in [0.15, 0.2) is 0 Å². The van der Waals surface area contributed by atoms with Gasteiger partial charge >= 0.3 is 0 Å². The number of carbonyl (C=O) groups is 2. The maximum Gasteiger partial charge on any atom is 0.253 e. The van der Waals surface area contributed by atoms with Crippen molar-refractivity contribution >= 4 is 24.1 Å². The molecular formula is C20H30N4O3. The summed E-state index contributed by atoms with van der Waals surface area (Å²) in [5, 5.41) is 5.82. The zero-order chi connectivity index (χ0) is 19.5. The van der Waals surface area contributed by atoms with Gasteiger partial charge in [-0.3, -0.25) is 14.6 Å². The second kappa shape index (κ2) is 11.3. The number of rotatable bonds is 11. The summed E-state index contributed by atoms with van der Waals surface area (Å²) in [4.78, 5) is 32.0. The van der Waals surface area contributed by atoms with Gasteiger partial charge in [0.25, 0.3) is 5.91 Å². The number of aromatic amines is 1. The Hall–Kier alpha value is -2.41. The molecule has 148 valence electrons. The maximum absolute atomic E-state index is 12.5. The summed E-state index contributed by atoms with van der Waals surface area (Å²) in [6.07, 6.45) is 9.26. The van der Waals surface area contributed by atoms with E-state index in [1.165, 1.54) is 0 Å². The molecular weight excluding hydrogens is 344 g/mol. The summed E-state index contributed by atoms with van der Waals surface area (Å²) in [5.41, 5.74) is 2.83. The van der Waals surface area contributed by atoms with Gasteiger partial charge in [-0.25, -0.2) is 0 Å². The lowest BCUT2D eigenvalue weighted by molar-refractivity contribution is -0.120. The Morgan fingerprint density at radius 3 is 2.89 bits per heavy atom. The van der Waals surface area contributed by atoms with Crippen LogP contribution in [0, 0.1) is 0 Å². The lowest BCUT2D eigenvalue weighted by Gasteiger charge is -2.07. The molecule has 1 aromatic rings. The third-order valence-corrected chi connectivity index (χ3v) is 4.28. The van der Waals surface area contributed by atoms with Crippen LogP contribution < -0.4 is 10.6 Å². The van der Waals surface area contributed by atoms with Crippen molar-refractivity contribution in [1.82, 2.24) is 15.6 Å². The molecule has 0 spiro atoms. The van der Waals surface area contributed by atoms with Gasteiger partial charge < -0.3 is 20.4 Å². The van der Waals surface area contributed by atoms with Crippen molar-refractivity contribution in [2.45, 2.75) is 52.5 Å². The number of amides is 2. The van der Waals surface area contributed by atoms with E-state index in [4.69, 9.17) is 4.74 Å². The van der Waals surface area contributed by atoms with E-state index >= 15 is 0 Å². The Bertz CT molecular complexity index is 691. The predicted octanol–water partition coefficient (Wildman–Crippen LogP) is 2.79. The van der Waals surface area contributed by atoms with Crippen molar-refractivity contribution in [3.63, 3.8) is 0 Å². The topological polar surface area (TPSA) is 95.6 Å². The minimum Gasteiger partial charge on any atom is -0.382 e. The van der Waals surface area contributed by atoms with Gasteiger partial charge in [-0.2, -0.15) is 0 Å². The summed E-state index contributed by atoms with van der Waals surface area (Å²) >= 11 is 0. The van der Waals surface area contributed by atoms with E-state index in [-0.39, 0.29) is 11.8 Å². The maximum atomic E-state index is 12.5. The number of H-pyrrole nitrogens is 1. The molecule has 0 aliphatic carbocycles. The number of nitrogens with one attached hydrogen (secondary N) is 3. The molecule has 0 radical (unpaired) electrons. The van der Waals surface area contributed by atoms with Crippen LogP contribution in [0.1, 0.15) is 67.6 Å². The van der Waals surface area contributed by atoms with E-state index in [9.17, 15) is 9.59 Å². The van der Waals surface area contributed by atoms with Gasteiger partial charge in [-0.1, -0.05) is 13.3 Å². The Balaban J connectivity index is 1.97. The quantitative estimate of drug-likeness (QED) is 0.520. The molecule has 0 saturated carbocycles. The largest absolute Gasteiger partial charge is 0.382 e. The number of hydrogen-bond acceptors (Lipinski definition) is 4. The van der Waals surface area contributed by atoms with Gasteiger partial charge in [0.05, 0.1) is 17.8 Å². The summed E-state index contributed by atoms with van der Waals surface area (Å²) < 4.78 is 5.30. The first-order chi connectivity index (χ1) is 13.2. The van der Waals surface area contributed by atoms with Crippen LogP contribution in [0.4, 0.5) is 0 Å². The van der Waals surface area contributed by atoms with Crippen molar-refractivity contribution in [2.75, 3.05) is 19.8 Å². The molecule has 1 aliphatic heterocycles. The van der Waals surface area contributed by atoms with Crippen molar-refractivity contribution in [3.05, 3.63) is 28.7 Å². The molecule has 7 heteroatoms. The number of carbonyl (C=O) groups excluding carboxylic acids is 2. The van der Waals surface area contributed by atoms with Crippen LogP contribution in [0.25, 0.3) is 6.08 Å². The van der Waals surface area contributed by atoms with Crippen molar-refractivity contribution in [1.29, 1.82) is 0 Å². The molecule has 0 atom stereocenters. The first-order valence-corrected chi connectivity index (χ1v) is 9.73. The monoisotopic (exact) mass is 374 g/mol. The number of ether oxygens (including phenoxy) is 1. The fraction of sp³-hybridized carbons (Fsp3) is 0.550. The van der Waals surface area contributed by atoms with Crippen LogP contribution in [0.2, 0.25) is 0 Å². The minimum atomic E-state index is -0.126. The second-order valence-electron chi connectivity index (χ2n) is 6.48. The number of aliphatic imine (C=N–C) groups is 1. The highest BCUT2D eigenvalue weighted by molar-refractivity contribution is 6.01. The molecule has 0 unspecified atom stereocenters. The van der Waals surface area contributed by atoms with Crippen LogP contribution in [-0.4, -0.2) is 42.8 Å². The van der Waals surface area contributed by atoms with Crippen LogP contribution in [-0.2, 0) is 16.1 Å². The van der Waals surface area contributed by atoms with Crippen molar-refractivity contribution in [2.24, 2.45) is 4.99 Å². The van der Waals surface area contributed by atoms with E-state index in [1.807, 2.05) is 19.9 Å². The number of fused-ring (bicyclic) bond motifs is 1. The number of aromatic nitrogens is 1. The minimum absolute atomic E-state index is 0.0335. The summed E-state index contributed by atoms with van der Waals surface area (Å²) in [5.74, 6) is -0.160. The molecule has 27 heavy (non-hydrogen) atoms. The van der Waals surface area contributed by atoms with Crippen LogP contribution in [0.5, 0.6) is 0 Å². The normalized spacial score (nSPS) is 12.9. The number of nitrogens with zero attached hydrogens (tertiary/aromatic N) is 1. The molecule has 2 rings (SSSR count). The molecule has 2 amide bonds. The Morgan fingerprint density at radius 2 is 2.11 bits per heavy atom. The van der Waals surface area contributed by atoms with E-state index in [2.05, 4.69) is 20.6 Å². The molecule has 2 heterocycles. The molecule has 0 bridgehead atoms. The predicted molar refractivity (Wildman–Crippen MR) is 107 cm³/mol. The summed E-state index contributed by atoms with van der Waals surface area (Å²) in [6.45, 7) is 6.50. The van der Waals surface area contributed by atoms with Gasteiger partial charge in [-0.05, 0) is 32.3 Å². The highest BCUT2D eigenvalue weighted by atomic mass is 16.5. The highest BCUT2D eigenvalue weighted by Gasteiger charge is 2.18. The molecule has 0 aromatic carbocycles. The average molecular weight is 374 g/mol. The number of unbranched alkanes of at least 4 members (excludes halogenated alkanes) is 2. The third-order valence-electron chi connectivity index (χ3n) is 4.28. The first kappa shape index (κ1) is 20.9. The van der Waals surface area contributed by atoms with E-state index < -0.39 is 0 Å². The van der Waals surface area contributed by atoms with Crippen molar-refractivity contribution in [3.8, 4) is 0 Å². The molecule has 0 fully saturated rings. The van der Waals surface area contributed by atoms with Crippen LogP contribution in [0.3, 0.4) is 0 Å². The second-order valence-corrected chi connectivity index (χ2v) is 6.48. The zero-order valence-corrected chi connectivity index (χ0v) is 16.3. The van der Waals surface area contributed by atoms with Crippen LogP contribution >= 0.6 is 0 Å². The molecule has 1 aromatic heterocycles. The SMILES string of the molecule is CCCCC(=O)NC1=Cc2c(C(=O)NCCCCOCC)c[nH]c2CN=C1. The number of allylic oxidation sites excluding steroid dienone is 1. The Morgan fingerprint density at radius 1 is 1.26 bits per heavy atom. The fourth-order valence-corrected chi connectivity index (χ4v) is 2.79. The van der Waals surface area contributed by atoms with Crippen molar-refractivity contribution < 1.29 is 14.3 Å². The third kappa shape index (κ3) is 6.67. The van der Waals surface area contributed by atoms with Crippen LogP contribution in [0.15, 0.2) is 16.9 Å². The first-order valence-electron chi connectivity index (χ1n) is 9.73. The van der Waals surface area contributed by atoms with Gasteiger partial charge in [0.1, 0.15) is 0 Å². The highest BCUT2D eigenvalue weighted by Crippen LogP contribution is 2.20. The molecule has 0 saturated heterocycles. The van der Waals surface area contributed by atoms with E-state index in [0.29, 0.717) is 44.0 Å². The van der Waals surface area contributed by atoms with E-state index in [1.54, 1.807) is 12.4 Å². The average Bonchev–Trinajstić information content (AvgIpc) is 2.94. The standard InChI is InChI=1S/C20H30N4O3/c1-3-5-8-19(25)24-15-11-16-17(13-23-18(16)14-21-12-15)20(26)22-9-6-7-10-27-4-2/h11-13,23H,3-10,14H2,1-2H3,(H,22,26)(H,24,25). The zero-order valence-electron chi connectivity index (χ0n) is 16.3. The summed E-state index contributed by atoms with van der Waals surface area (Å²) in [7, 11) is 0. The Labute approximate surface area is 160 Å². The van der Waals surface area contributed by atoms with Gasteiger partial charge in [-0.15, -0.1) is 0 Å². The smallest absolute Gasteiger partial charge is 0.253 e. The molecule has 7 nitrogen and oxygen atoms in total. The number of hydrogen-bond donors (Lipinski definition) is 3. The summed E-state index contributed by atoms with van der Waals surface area (Å²) in [6, 6.07) is 0. The molecule has 3 N–H and O–H groups in total. The van der Waals surface area contributed by atoms with E-state index in [0.717, 1.165) is 36.9 Å². The fourth-order valence-electron chi connectivity index (χ4n) is 2.79. The Kier molecular flexibility index (Phi) is 8.77. The van der Waals surface area contributed by atoms with Gasteiger partial charge in [0, 0.05) is 49.8 Å². The lowest BCUT2D eigenvalue weighted by atomic mass is 10.1. The lowest BCUT2D eigenvalue weighted by Crippen LogP contribution is -2.25. The molecule has 1 aliphatic rings.